The molecule has 0 aliphatic heterocycles. The van der Waals surface area contributed by atoms with Crippen LogP contribution in [0.2, 0.25) is 0 Å². The Kier molecular flexibility index (Phi) is 3.25. The summed E-state index contributed by atoms with van der Waals surface area (Å²) in [7, 11) is 0. The van der Waals surface area contributed by atoms with Crippen LogP contribution >= 0.6 is 4.46 Å². The van der Waals surface area contributed by atoms with Gasteiger partial charge in [-0.1, -0.05) is 0 Å². The zero-order valence-electron chi connectivity index (χ0n) is 1.99. The summed E-state index contributed by atoms with van der Waals surface area (Å²) in [4.78, 5) is 0. The molecule has 0 spiro atoms. The fourth-order valence-electron chi connectivity index (χ4n) is 0. The van der Waals surface area contributed by atoms with Crippen molar-refractivity contribution >= 4 is 4.46 Å². The first-order valence-electron chi connectivity index (χ1n) is 0.743. The van der Waals surface area contributed by atoms with Gasteiger partial charge in [0.2, 0.25) is 0 Å². The van der Waals surface area contributed by atoms with Crippen LogP contribution in [0.5, 0.6) is 0 Å². The van der Waals surface area contributed by atoms with E-state index in [1.165, 1.54) is 0 Å². The first-order valence-corrected chi connectivity index (χ1v) is 8.47. The molecule has 2 N–H and O–H groups in total. The van der Waals surface area contributed by atoms with E-state index in [1.807, 2.05) is 0 Å². The van der Waals surface area contributed by atoms with E-state index in [-0.39, 0.29) is 0 Å². The molecule has 4 heteroatoms. The minimum atomic E-state index is -1.46. The molecule has 0 rings (SSSR count). The van der Waals surface area contributed by atoms with Gasteiger partial charge in [0.05, 0.1) is 0 Å². The summed E-state index contributed by atoms with van der Waals surface area (Å²) < 4.78 is 8.02. The van der Waals surface area contributed by atoms with Gasteiger partial charge >= 0.3 is 43.3 Å². The zero-order valence-corrected chi connectivity index (χ0v) is 7.15. The maximum atomic E-state index is 9.48. The second-order valence-corrected chi connectivity index (χ2v) is 7.25. The monoisotopic (exact) mass is 302 g/mol. The van der Waals surface area contributed by atoms with E-state index in [2.05, 4.69) is 0 Å². The molecular weight excluding hydrogens is 299 g/mol. The summed E-state index contributed by atoms with van der Waals surface area (Å²) in [5.74, 6) is 0. The molecule has 0 saturated heterocycles. The Morgan fingerprint density at radius 3 is 2.00 bits per heavy atom. The molecule has 2 nitrogen and oxygen atoms in total. The Bertz CT molecular complexity index is 31.0. The maximum absolute atomic E-state index is 9.48. The Morgan fingerprint density at radius 2 is 2.00 bits per heavy atom. The van der Waals surface area contributed by atoms with Crippen LogP contribution in [0, 0.1) is 28.8 Å². The van der Waals surface area contributed by atoms with Crippen molar-refractivity contribution in [3.8, 4) is 0 Å². The van der Waals surface area contributed by atoms with Gasteiger partial charge in [0.15, 0.2) is 0 Å². The molecule has 0 radical (unpaired) electrons. The number of nitrogens with two attached hydrogens (primary N) is 1. The van der Waals surface area contributed by atoms with Gasteiger partial charge in [0.25, 0.3) is 0 Å². The van der Waals surface area contributed by atoms with E-state index in [9.17, 15) is 4.57 Å². The van der Waals surface area contributed by atoms with Crippen molar-refractivity contribution in [2.75, 3.05) is 0 Å². The van der Waals surface area contributed by atoms with Crippen molar-refractivity contribution in [3.63, 3.8) is 0 Å². The Labute approximate surface area is 43.3 Å². The van der Waals surface area contributed by atoms with Gasteiger partial charge in [-0.3, -0.25) is 0 Å². The molecular formula is H3NOPU. The number of hydrogen-bond acceptors (Lipinski definition) is 1. The molecule has 0 aliphatic carbocycles. The summed E-state index contributed by atoms with van der Waals surface area (Å²) in [5, 5.41) is 0. The van der Waals surface area contributed by atoms with Crippen LogP contribution in [-0.4, -0.2) is 0 Å². The SMILES string of the molecule is N[PH](=O)[U]. The minimum absolute atomic E-state index is 0.499. The van der Waals surface area contributed by atoms with E-state index in [0.717, 1.165) is 0 Å². The fraction of sp³-hybridized carbons (Fsp3) is 0. The third-order valence-corrected chi connectivity index (χ3v) is 0. The van der Waals surface area contributed by atoms with Crippen molar-refractivity contribution < 1.29 is 33.3 Å². The predicted octanol–water partition coefficient (Wildman–Crippen LogP) is -0.116. The normalized spacial score (nSPS) is 15.8. The second-order valence-electron chi connectivity index (χ2n) is 0.364. The standard InChI is InChI=1S/H2NOP.U/c1-3-2;/h(H2,1,2);/q;-1/p+1. The van der Waals surface area contributed by atoms with E-state index < -0.39 is 4.46 Å². The first kappa shape index (κ1) is 5.24. The van der Waals surface area contributed by atoms with Gasteiger partial charge in [-0.05, 0) is 0 Å². The molecule has 0 fully saturated rings. The number of hydrogen-bond donors (Lipinski definition) is 1. The topological polar surface area (TPSA) is 43.1 Å². The van der Waals surface area contributed by atoms with Gasteiger partial charge < -0.3 is 0 Å². The molecule has 0 aromatic rings. The molecule has 0 aliphatic rings. The third kappa shape index (κ3) is 10.6. The van der Waals surface area contributed by atoms with Crippen molar-refractivity contribution in [1.82, 2.24) is 0 Å². The van der Waals surface area contributed by atoms with E-state index in [4.69, 9.17) is 5.50 Å². The Hall–Kier alpha value is 1.24. The van der Waals surface area contributed by atoms with E-state index >= 15 is 0 Å². The van der Waals surface area contributed by atoms with Crippen molar-refractivity contribution in [3.05, 3.63) is 0 Å². The van der Waals surface area contributed by atoms with Crippen molar-refractivity contribution in [2.24, 2.45) is 5.50 Å². The first-order chi connectivity index (χ1) is 1.73. The Balaban J connectivity index is 2.80. The van der Waals surface area contributed by atoms with Gasteiger partial charge in [0.1, 0.15) is 0 Å². The molecule has 4 heavy (non-hydrogen) atoms. The molecule has 0 amide bonds. The van der Waals surface area contributed by atoms with Crippen LogP contribution in [-0.2, 0) is 4.57 Å². The predicted molar refractivity (Wildman–Crippen MR) is 13.2 cm³/mol. The van der Waals surface area contributed by atoms with Crippen molar-refractivity contribution in [2.45, 2.75) is 0 Å². The fourth-order valence-corrected chi connectivity index (χ4v) is 0. The van der Waals surface area contributed by atoms with Gasteiger partial charge in [-0.2, -0.15) is 0 Å². The van der Waals surface area contributed by atoms with Crippen LogP contribution in [0.1, 0.15) is 0 Å². The third-order valence-electron chi connectivity index (χ3n) is 0. The molecule has 0 bridgehead atoms. The summed E-state index contributed by atoms with van der Waals surface area (Å²) in [6, 6.07) is 0. The van der Waals surface area contributed by atoms with Crippen LogP contribution in [0.3, 0.4) is 0 Å². The molecule has 1 unspecified atom stereocenters. The van der Waals surface area contributed by atoms with Crippen LogP contribution in [0.15, 0.2) is 0 Å². The average Bonchev–Trinajstić information content (AvgIpc) is 0.811. The molecule has 0 saturated carbocycles. The number of rotatable bonds is 0. The molecule has 0 heterocycles. The molecule has 1 atom stereocenters. The van der Waals surface area contributed by atoms with Crippen LogP contribution in [0.25, 0.3) is 0 Å². The van der Waals surface area contributed by atoms with Crippen molar-refractivity contribution in [1.29, 1.82) is 0 Å². The Morgan fingerprint density at radius 1 is 2.00 bits per heavy atom. The zero-order chi connectivity index (χ0) is 3.58. The summed E-state index contributed by atoms with van der Waals surface area (Å²) >= 11 is 0.499. The molecule has 0 aromatic carbocycles. The van der Waals surface area contributed by atoms with Gasteiger partial charge in [-0.15, -0.1) is 0 Å². The second kappa shape index (κ2) is 2.48. The molecule has 0 aromatic heterocycles. The van der Waals surface area contributed by atoms with Crippen LogP contribution in [0.4, 0.5) is 0 Å². The quantitative estimate of drug-likeness (QED) is 0.634. The molecule has 23 valence electrons. The summed E-state index contributed by atoms with van der Waals surface area (Å²) in [6.07, 6.45) is 0. The van der Waals surface area contributed by atoms with Gasteiger partial charge in [0, 0.05) is 0 Å². The van der Waals surface area contributed by atoms with E-state index in [1.54, 1.807) is 0 Å². The van der Waals surface area contributed by atoms with Gasteiger partial charge in [-0.25, -0.2) is 0 Å². The average molecular weight is 302 g/mol. The van der Waals surface area contributed by atoms with Crippen LogP contribution < -0.4 is 5.50 Å². The summed E-state index contributed by atoms with van der Waals surface area (Å²) in [6.45, 7) is 0. The van der Waals surface area contributed by atoms with E-state index in [0.29, 0.717) is 28.8 Å². The summed E-state index contributed by atoms with van der Waals surface area (Å²) in [5.41, 5.74) is 4.73.